The highest BCUT2D eigenvalue weighted by Crippen LogP contribution is 2.30. The third kappa shape index (κ3) is 3.51. The number of alkyl halides is 1. The average molecular weight is 409 g/mol. The number of thiophene rings is 1. The fourth-order valence-corrected chi connectivity index (χ4v) is 8.29. The highest BCUT2D eigenvalue weighted by Gasteiger charge is 2.39. The fourth-order valence-electron chi connectivity index (χ4n) is 1.87. The maximum absolute atomic E-state index is 12.2. The van der Waals surface area contributed by atoms with Crippen molar-refractivity contribution >= 4 is 58.7 Å². The molecule has 0 spiro atoms. The summed E-state index contributed by atoms with van der Waals surface area (Å²) in [6, 6.07) is 0.712. The van der Waals surface area contributed by atoms with Gasteiger partial charge >= 0.3 is 0 Å². The maximum Gasteiger partial charge on any atom is 0.242 e. The van der Waals surface area contributed by atoms with E-state index in [-0.39, 0.29) is 16.4 Å². The Hall–Kier alpha value is 0.330. The maximum atomic E-state index is 12.2. The zero-order valence-electron chi connectivity index (χ0n) is 9.76. The molecule has 5 nitrogen and oxygen atoms in total. The molecule has 1 N–H and O–H groups in total. The summed E-state index contributed by atoms with van der Waals surface area (Å²) in [7, 11) is -7.02. The van der Waals surface area contributed by atoms with Crippen molar-refractivity contribution in [3.05, 3.63) is 14.7 Å². The van der Waals surface area contributed by atoms with Gasteiger partial charge in [-0.3, -0.25) is 0 Å². The third-order valence-electron chi connectivity index (χ3n) is 2.72. The van der Waals surface area contributed by atoms with Gasteiger partial charge in [-0.1, -0.05) is 0 Å². The van der Waals surface area contributed by atoms with Crippen LogP contribution < -0.4 is 4.72 Å². The first-order valence-corrected chi connectivity index (χ1v) is 10.6. The lowest BCUT2D eigenvalue weighted by atomic mass is 10.3. The smallest absolute Gasteiger partial charge is 0.229 e. The molecule has 1 aliphatic heterocycles. The molecule has 19 heavy (non-hydrogen) atoms. The largest absolute Gasteiger partial charge is 0.242 e. The SMILES string of the molecule is Cc1sc(Br)cc1S(=O)(=O)NC1CS(=O)(=O)CC1Cl. The Bertz CT molecular complexity index is 697. The second kappa shape index (κ2) is 5.27. The number of sulfonamides is 1. The van der Waals surface area contributed by atoms with Crippen LogP contribution in [0.2, 0.25) is 0 Å². The van der Waals surface area contributed by atoms with Crippen molar-refractivity contribution in [2.75, 3.05) is 11.5 Å². The summed E-state index contributed by atoms with van der Waals surface area (Å²) in [5.74, 6) is -0.460. The number of halogens is 2. The number of hydrogen-bond acceptors (Lipinski definition) is 5. The van der Waals surface area contributed by atoms with Crippen molar-refractivity contribution in [1.29, 1.82) is 0 Å². The van der Waals surface area contributed by atoms with E-state index in [0.717, 1.165) is 0 Å². The van der Waals surface area contributed by atoms with E-state index < -0.39 is 31.3 Å². The van der Waals surface area contributed by atoms with Gasteiger partial charge in [0.25, 0.3) is 0 Å². The highest BCUT2D eigenvalue weighted by atomic mass is 79.9. The first kappa shape index (κ1) is 15.7. The number of sulfone groups is 1. The first-order chi connectivity index (χ1) is 8.61. The summed E-state index contributed by atoms with van der Waals surface area (Å²) in [6.07, 6.45) is 0. The van der Waals surface area contributed by atoms with Crippen LogP contribution >= 0.6 is 38.9 Å². The molecule has 10 heteroatoms. The van der Waals surface area contributed by atoms with Crippen molar-refractivity contribution in [3.63, 3.8) is 0 Å². The molecule has 108 valence electrons. The van der Waals surface area contributed by atoms with Crippen molar-refractivity contribution in [1.82, 2.24) is 4.72 Å². The second-order valence-corrected chi connectivity index (χ2v) is 11.3. The number of hydrogen-bond donors (Lipinski definition) is 1. The molecular weight excluding hydrogens is 398 g/mol. The molecule has 2 heterocycles. The van der Waals surface area contributed by atoms with Gasteiger partial charge in [0.1, 0.15) is 0 Å². The quantitative estimate of drug-likeness (QED) is 0.769. The van der Waals surface area contributed by atoms with Gasteiger partial charge in [0.15, 0.2) is 9.84 Å². The molecular formula is C9H11BrClNO4S3. The zero-order valence-corrected chi connectivity index (χ0v) is 14.6. The van der Waals surface area contributed by atoms with Crippen molar-refractivity contribution < 1.29 is 16.8 Å². The van der Waals surface area contributed by atoms with E-state index in [2.05, 4.69) is 20.7 Å². The number of aryl methyl sites for hydroxylation is 1. The van der Waals surface area contributed by atoms with Crippen LogP contribution in [0.4, 0.5) is 0 Å². The van der Waals surface area contributed by atoms with Crippen LogP contribution in [0.3, 0.4) is 0 Å². The summed E-state index contributed by atoms with van der Waals surface area (Å²) in [6.45, 7) is 1.69. The fraction of sp³-hybridized carbons (Fsp3) is 0.556. The van der Waals surface area contributed by atoms with Crippen molar-refractivity contribution in [3.8, 4) is 0 Å². The molecule has 2 unspecified atom stereocenters. The normalized spacial score (nSPS) is 26.7. The van der Waals surface area contributed by atoms with Crippen LogP contribution in [-0.4, -0.2) is 39.8 Å². The van der Waals surface area contributed by atoms with Crippen LogP contribution in [0.15, 0.2) is 14.7 Å². The lowest BCUT2D eigenvalue weighted by Crippen LogP contribution is -2.40. The Morgan fingerprint density at radius 2 is 2.11 bits per heavy atom. The van der Waals surface area contributed by atoms with Gasteiger partial charge in [0.2, 0.25) is 10.0 Å². The Balaban J connectivity index is 2.26. The van der Waals surface area contributed by atoms with Gasteiger partial charge in [-0.05, 0) is 28.9 Å². The molecule has 1 aromatic heterocycles. The molecule has 0 bridgehead atoms. The molecule has 2 rings (SSSR count). The minimum absolute atomic E-state index is 0.150. The highest BCUT2D eigenvalue weighted by molar-refractivity contribution is 9.11. The summed E-state index contributed by atoms with van der Waals surface area (Å²) < 4.78 is 50.3. The predicted molar refractivity (Wildman–Crippen MR) is 79.2 cm³/mol. The minimum atomic E-state index is -3.76. The van der Waals surface area contributed by atoms with Crippen LogP contribution in [0.1, 0.15) is 4.88 Å². The molecule has 1 fully saturated rings. The minimum Gasteiger partial charge on any atom is -0.229 e. The summed E-state index contributed by atoms with van der Waals surface area (Å²) >= 11 is 10.4. The molecule has 0 radical (unpaired) electrons. The van der Waals surface area contributed by atoms with Crippen LogP contribution in [0.25, 0.3) is 0 Å². The molecule has 0 aliphatic carbocycles. The van der Waals surface area contributed by atoms with Crippen molar-refractivity contribution in [2.24, 2.45) is 0 Å². The predicted octanol–water partition coefficient (Wildman–Crippen LogP) is 1.50. The third-order valence-corrected chi connectivity index (χ3v) is 8.40. The lowest BCUT2D eigenvalue weighted by molar-refractivity contribution is 0.563. The second-order valence-electron chi connectivity index (χ2n) is 4.29. The Morgan fingerprint density at radius 3 is 2.53 bits per heavy atom. The van der Waals surface area contributed by atoms with Gasteiger partial charge in [-0.2, -0.15) is 0 Å². The van der Waals surface area contributed by atoms with Gasteiger partial charge in [-0.25, -0.2) is 21.6 Å². The molecule has 0 amide bonds. The monoisotopic (exact) mass is 407 g/mol. The van der Waals surface area contributed by atoms with E-state index in [0.29, 0.717) is 8.66 Å². The Labute approximate surface area is 129 Å². The Morgan fingerprint density at radius 1 is 1.47 bits per heavy atom. The van der Waals surface area contributed by atoms with Gasteiger partial charge in [-0.15, -0.1) is 22.9 Å². The zero-order chi connectivity index (χ0) is 14.4. The van der Waals surface area contributed by atoms with Gasteiger partial charge < -0.3 is 0 Å². The van der Waals surface area contributed by atoms with E-state index in [1.807, 2.05) is 0 Å². The standard InChI is InChI=1S/C9H11BrClNO4S3/c1-5-8(2-9(10)17-5)19(15,16)12-7-4-18(13,14)3-6(7)11/h2,6-7,12H,3-4H2,1H3. The van der Waals surface area contributed by atoms with Crippen molar-refractivity contribution in [2.45, 2.75) is 23.2 Å². The van der Waals surface area contributed by atoms with Crippen LogP contribution in [0.5, 0.6) is 0 Å². The lowest BCUT2D eigenvalue weighted by Gasteiger charge is -2.14. The number of rotatable bonds is 3. The molecule has 0 saturated carbocycles. The summed E-state index contributed by atoms with van der Waals surface area (Å²) in [4.78, 5) is 0.781. The first-order valence-electron chi connectivity index (χ1n) is 5.23. The van der Waals surface area contributed by atoms with Gasteiger partial charge in [0, 0.05) is 4.88 Å². The van der Waals surface area contributed by atoms with E-state index in [9.17, 15) is 16.8 Å². The molecule has 1 aliphatic rings. The topological polar surface area (TPSA) is 80.3 Å². The van der Waals surface area contributed by atoms with E-state index >= 15 is 0 Å². The van der Waals surface area contributed by atoms with Gasteiger partial charge in [0.05, 0.1) is 31.6 Å². The molecule has 1 aromatic rings. The molecule has 0 aromatic carbocycles. The summed E-state index contributed by atoms with van der Waals surface area (Å²) in [5.41, 5.74) is 0. The van der Waals surface area contributed by atoms with E-state index in [4.69, 9.17) is 11.6 Å². The Kier molecular flexibility index (Phi) is 4.36. The molecule has 1 saturated heterocycles. The molecule has 2 atom stereocenters. The summed E-state index contributed by atoms with van der Waals surface area (Å²) in [5, 5.41) is -0.734. The van der Waals surface area contributed by atoms with E-state index in [1.54, 1.807) is 6.92 Å². The average Bonchev–Trinajstić information content (AvgIpc) is 2.66. The van der Waals surface area contributed by atoms with Crippen LogP contribution in [0, 0.1) is 6.92 Å². The number of nitrogens with one attached hydrogen (secondary N) is 1. The van der Waals surface area contributed by atoms with Crippen LogP contribution in [-0.2, 0) is 19.9 Å². The van der Waals surface area contributed by atoms with E-state index in [1.165, 1.54) is 17.4 Å².